The molecule has 1 aliphatic rings. The second-order valence-corrected chi connectivity index (χ2v) is 6.27. The molecule has 0 radical (unpaired) electrons. The van der Waals surface area contributed by atoms with Crippen molar-refractivity contribution in [3.05, 3.63) is 80.4 Å². The summed E-state index contributed by atoms with van der Waals surface area (Å²) in [6, 6.07) is 20.6. The van der Waals surface area contributed by atoms with E-state index in [0.29, 0.717) is 6.61 Å². The van der Waals surface area contributed by atoms with Gasteiger partial charge in [-0.25, -0.2) is 0 Å². The van der Waals surface area contributed by atoms with Gasteiger partial charge in [-0.3, -0.25) is 0 Å². The van der Waals surface area contributed by atoms with E-state index in [2.05, 4.69) is 46.9 Å². The molecule has 0 amide bonds. The molecule has 1 heterocycles. The molecular formula is C17H14ClIO. The Bertz CT molecular complexity index is 582. The minimum atomic E-state index is -0.571. The van der Waals surface area contributed by atoms with Crippen molar-refractivity contribution in [1.29, 1.82) is 0 Å². The fourth-order valence-corrected chi connectivity index (χ4v) is 3.85. The summed E-state index contributed by atoms with van der Waals surface area (Å²) in [5.74, 6) is 0. The van der Waals surface area contributed by atoms with Gasteiger partial charge >= 0.3 is 0 Å². The van der Waals surface area contributed by atoms with E-state index >= 15 is 0 Å². The second-order valence-electron chi connectivity index (χ2n) is 4.73. The zero-order valence-electron chi connectivity index (χ0n) is 10.9. The molecule has 20 heavy (non-hydrogen) atoms. The summed E-state index contributed by atoms with van der Waals surface area (Å²) >= 11 is 8.77. The molecule has 0 aliphatic carbocycles. The van der Waals surface area contributed by atoms with Crippen LogP contribution in [0.3, 0.4) is 0 Å². The van der Waals surface area contributed by atoms with Crippen molar-refractivity contribution in [3.8, 4) is 0 Å². The van der Waals surface area contributed by atoms with Crippen LogP contribution >= 0.6 is 34.2 Å². The van der Waals surface area contributed by atoms with Crippen LogP contribution in [-0.4, -0.2) is 6.61 Å². The molecule has 0 spiro atoms. The molecule has 2 aromatic rings. The molecule has 0 aromatic heterocycles. The summed E-state index contributed by atoms with van der Waals surface area (Å²) in [6.07, 6.45) is 0.779. The molecular weight excluding hydrogens is 383 g/mol. The zero-order valence-corrected chi connectivity index (χ0v) is 13.8. The maximum absolute atomic E-state index is 6.44. The molecule has 1 nitrogen and oxygen atoms in total. The number of rotatable bonds is 2. The lowest BCUT2D eigenvalue weighted by Crippen LogP contribution is -2.35. The lowest BCUT2D eigenvalue weighted by molar-refractivity contribution is 0.0104. The summed E-state index contributed by atoms with van der Waals surface area (Å²) in [5, 5.41) is 0.893. The van der Waals surface area contributed by atoms with Crippen LogP contribution in [0, 0.1) is 0 Å². The number of ether oxygens (including phenoxy) is 1. The largest absolute Gasteiger partial charge is 0.360 e. The third kappa shape index (κ3) is 2.30. The van der Waals surface area contributed by atoms with Crippen LogP contribution in [0.2, 0.25) is 0 Å². The van der Waals surface area contributed by atoms with Crippen molar-refractivity contribution in [2.75, 3.05) is 6.61 Å². The van der Waals surface area contributed by atoms with Crippen molar-refractivity contribution < 1.29 is 4.74 Å². The number of hydrogen-bond donors (Lipinski definition) is 0. The monoisotopic (exact) mass is 396 g/mol. The third-order valence-electron chi connectivity index (χ3n) is 3.55. The van der Waals surface area contributed by atoms with E-state index in [1.54, 1.807) is 0 Å². The van der Waals surface area contributed by atoms with Crippen molar-refractivity contribution in [2.24, 2.45) is 0 Å². The van der Waals surface area contributed by atoms with E-state index in [4.69, 9.17) is 16.3 Å². The van der Waals surface area contributed by atoms with Gasteiger partial charge in [0.2, 0.25) is 0 Å². The summed E-state index contributed by atoms with van der Waals surface area (Å²) in [7, 11) is 0. The Hall–Kier alpha value is -0.840. The van der Waals surface area contributed by atoms with Gasteiger partial charge in [-0.15, -0.1) is 0 Å². The van der Waals surface area contributed by atoms with E-state index in [1.165, 1.54) is 0 Å². The van der Waals surface area contributed by atoms with Gasteiger partial charge in [-0.2, -0.15) is 0 Å². The molecule has 0 N–H and O–H groups in total. The van der Waals surface area contributed by atoms with E-state index in [0.717, 1.165) is 26.2 Å². The van der Waals surface area contributed by atoms with Crippen LogP contribution in [0.5, 0.6) is 0 Å². The van der Waals surface area contributed by atoms with Crippen LogP contribution < -0.4 is 0 Å². The highest BCUT2D eigenvalue weighted by Crippen LogP contribution is 2.48. The predicted octanol–water partition coefficient (Wildman–Crippen LogP) is 5.24. The molecule has 2 aromatic carbocycles. The van der Waals surface area contributed by atoms with Crippen LogP contribution in [0.4, 0.5) is 0 Å². The van der Waals surface area contributed by atoms with Crippen molar-refractivity contribution >= 4 is 34.2 Å². The average molecular weight is 397 g/mol. The lowest BCUT2D eigenvalue weighted by Gasteiger charge is -2.38. The Balaban J connectivity index is 2.27. The highest BCUT2D eigenvalue weighted by Gasteiger charge is 2.41. The summed E-state index contributed by atoms with van der Waals surface area (Å²) in [6.45, 7) is 0.634. The smallest absolute Gasteiger partial charge is 0.150 e. The van der Waals surface area contributed by atoms with Gasteiger partial charge in [-0.05, 0) is 33.7 Å². The van der Waals surface area contributed by atoms with Gasteiger partial charge in [-0.1, -0.05) is 72.3 Å². The van der Waals surface area contributed by atoms with Gasteiger partial charge in [0, 0.05) is 15.0 Å². The molecule has 0 bridgehead atoms. The minimum Gasteiger partial charge on any atom is -0.360 e. The first-order valence-electron chi connectivity index (χ1n) is 6.55. The fourth-order valence-electron chi connectivity index (χ4n) is 2.59. The Morgan fingerprint density at radius 1 is 0.900 bits per heavy atom. The van der Waals surface area contributed by atoms with E-state index in [1.807, 2.05) is 36.4 Å². The van der Waals surface area contributed by atoms with E-state index < -0.39 is 5.60 Å². The molecule has 0 saturated carbocycles. The Morgan fingerprint density at radius 2 is 1.40 bits per heavy atom. The minimum absolute atomic E-state index is 0.571. The molecule has 1 aliphatic heterocycles. The normalized spacial score (nSPS) is 18.1. The van der Waals surface area contributed by atoms with E-state index in [9.17, 15) is 0 Å². The summed E-state index contributed by atoms with van der Waals surface area (Å²) in [4.78, 5) is 0. The quantitative estimate of drug-likeness (QED) is 0.631. The van der Waals surface area contributed by atoms with Crippen LogP contribution in [0.15, 0.2) is 69.3 Å². The van der Waals surface area contributed by atoms with Crippen molar-refractivity contribution in [1.82, 2.24) is 0 Å². The fraction of sp³-hybridized carbons (Fsp3) is 0.176. The Labute approximate surface area is 137 Å². The van der Waals surface area contributed by atoms with Crippen LogP contribution in [-0.2, 0) is 10.3 Å². The molecule has 0 saturated heterocycles. The third-order valence-corrected chi connectivity index (χ3v) is 5.66. The zero-order chi connectivity index (χ0) is 14.0. The Morgan fingerprint density at radius 3 is 1.90 bits per heavy atom. The van der Waals surface area contributed by atoms with Gasteiger partial charge in [0.1, 0.15) is 5.60 Å². The van der Waals surface area contributed by atoms with Gasteiger partial charge < -0.3 is 4.74 Å². The second kappa shape index (κ2) is 5.88. The van der Waals surface area contributed by atoms with Crippen LogP contribution in [0.1, 0.15) is 17.5 Å². The van der Waals surface area contributed by atoms with Gasteiger partial charge in [0.15, 0.2) is 0 Å². The number of benzene rings is 2. The van der Waals surface area contributed by atoms with E-state index in [-0.39, 0.29) is 0 Å². The average Bonchev–Trinajstić information content (AvgIpc) is 2.52. The SMILES string of the molecule is ClC1=C(I)C(c2ccccc2)(c2ccccc2)OCC1. The highest BCUT2D eigenvalue weighted by molar-refractivity contribution is 14.1. The standard InChI is InChI=1S/C17H14ClIO/c18-15-11-12-20-17(16(15)19,13-7-3-1-4-8-13)14-9-5-2-6-10-14/h1-10H,11-12H2. The predicted molar refractivity (Wildman–Crippen MR) is 91.1 cm³/mol. The van der Waals surface area contributed by atoms with Gasteiger partial charge in [0.05, 0.1) is 6.61 Å². The molecule has 0 fully saturated rings. The summed E-state index contributed by atoms with van der Waals surface area (Å²) in [5.41, 5.74) is 1.67. The first-order valence-corrected chi connectivity index (χ1v) is 8.00. The highest BCUT2D eigenvalue weighted by atomic mass is 127. The Kier molecular flexibility index (Phi) is 4.15. The van der Waals surface area contributed by atoms with Gasteiger partial charge in [0.25, 0.3) is 0 Å². The van der Waals surface area contributed by atoms with Crippen molar-refractivity contribution in [2.45, 2.75) is 12.0 Å². The first kappa shape index (κ1) is 14.1. The molecule has 0 unspecified atom stereocenters. The maximum Gasteiger partial charge on any atom is 0.150 e. The van der Waals surface area contributed by atoms with Crippen molar-refractivity contribution in [3.63, 3.8) is 0 Å². The molecule has 102 valence electrons. The molecule has 3 rings (SSSR count). The topological polar surface area (TPSA) is 9.23 Å². The maximum atomic E-state index is 6.44. The lowest BCUT2D eigenvalue weighted by atomic mass is 9.84. The first-order chi connectivity index (χ1) is 9.75. The molecule has 0 atom stereocenters. The van der Waals surface area contributed by atoms with Crippen LogP contribution in [0.25, 0.3) is 0 Å². The summed E-state index contributed by atoms with van der Waals surface area (Å²) < 4.78 is 7.33. The molecule has 3 heteroatoms. The number of hydrogen-bond acceptors (Lipinski definition) is 1. The number of halogens is 2.